The minimum atomic E-state index is -1.53. The summed E-state index contributed by atoms with van der Waals surface area (Å²) in [5.74, 6) is -11.0. The molecule has 0 aliphatic carbocycles. The summed E-state index contributed by atoms with van der Waals surface area (Å²) in [5, 5.41) is 15.2. The number of hydrogen-bond donors (Lipinski definition) is 2. The molecule has 8 amide bonds. The van der Waals surface area contributed by atoms with Crippen molar-refractivity contribution >= 4 is 64.6 Å². The molecule has 1 fully saturated rings. The summed E-state index contributed by atoms with van der Waals surface area (Å²) in [6, 6.07) is -9.37. The number of hydrogen-bond acceptors (Lipinski definition) is 14. The number of carbonyl (C=O) groups excluding carboxylic acids is 11. The van der Waals surface area contributed by atoms with E-state index in [1.807, 2.05) is 69.2 Å². The lowest BCUT2D eigenvalue weighted by atomic mass is 9.84. The number of Topliss-reactive ketones (excluding diaryl/α,β-unsaturated/α-hetero) is 3. The molecule has 0 unspecified atom stereocenters. The molecule has 0 bridgehead atoms. The fourth-order valence-electron chi connectivity index (χ4n) is 12.5. The third-order valence-electron chi connectivity index (χ3n) is 19.0. The lowest BCUT2D eigenvalue weighted by molar-refractivity contribution is -0.157. The van der Waals surface area contributed by atoms with E-state index in [0.717, 1.165) is 13.1 Å². The molecule has 2 N–H and O–H groups in total. The van der Waals surface area contributed by atoms with Gasteiger partial charge in [-0.15, -0.1) is 0 Å². The monoisotopic (exact) mass is 1300 g/mol. The van der Waals surface area contributed by atoms with Crippen LogP contribution >= 0.6 is 0 Å². The highest BCUT2D eigenvalue weighted by Crippen LogP contribution is 2.30. The van der Waals surface area contributed by atoms with E-state index in [1.54, 1.807) is 34.6 Å². The van der Waals surface area contributed by atoms with Gasteiger partial charge in [0.1, 0.15) is 36.3 Å². The normalized spacial score (nSPS) is 26.8. The molecule has 1 aliphatic heterocycles. The van der Waals surface area contributed by atoms with Crippen molar-refractivity contribution in [2.75, 3.05) is 82.2 Å². The quantitative estimate of drug-likeness (QED) is 0.113. The fourth-order valence-corrected chi connectivity index (χ4v) is 12.5. The molecule has 1 saturated heterocycles. The predicted octanol–water partition coefficient (Wildman–Crippen LogP) is 6.71. The maximum atomic E-state index is 15.4. The van der Waals surface area contributed by atoms with Gasteiger partial charge >= 0.3 is 0 Å². The van der Waals surface area contributed by atoms with E-state index in [4.69, 9.17) is 4.74 Å². The van der Waals surface area contributed by atoms with E-state index < -0.39 is 155 Å². The van der Waals surface area contributed by atoms with Crippen molar-refractivity contribution < 1.29 is 62.6 Å². The van der Waals surface area contributed by atoms with E-state index in [-0.39, 0.29) is 81.0 Å². The Morgan fingerprint density at radius 1 is 0.467 bits per heavy atom. The van der Waals surface area contributed by atoms with Crippen LogP contribution in [0.2, 0.25) is 0 Å². The summed E-state index contributed by atoms with van der Waals surface area (Å²) >= 11 is 0. The smallest absolute Gasteiger partial charge is 0.246 e. The van der Waals surface area contributed by atoms with E-state index >= 15 is 19.2 Å². The van der Waals surface area contributed by atoms with Gasteiger partial charge in [-0.05, 0) is 107 Å². The van der Waals surface area contributed by atoms with Crippen LogP contribution in [-0.2, 0) is 57.5 Å². The van der Waals surface area contributed by atoms with Crippen molar-refractivity contribution in [2.24, 2.45) is 59.2 Å². The average Bonchev–Trinajstić information content (AvgIpc) is 0.816. The van der Waals surface area contributed by atoms with Crippen LogP contribution in [0.5, 0.6) is 0 Å². The fraction of sp³-hybridized carbons (Fsp3) is 0.843. The molecule has 0 spiro atoms. The first kappa shape index (κ1) is 84.7. The summed E-state index contributed by atoms with van der Waals surface area (Å²) in [4.78, 5) is 174. The SMILES string of the molecule is CC[C@H]1CC(=O)[C@@H]([C@H](O)[C@H](C)CCOCCN(CC)CC)N(C)C(=O)[C@@H](C(C)C)N(C)C(=O)[C@@H](CC(C)C)N(C)C(=O)[C@@H](CC(C)C)N(C)C(=O)[C@H](C)NC(=O)[C@@H](C)CC(=O)[C@@H](CC(C)C)N(C)C(=O)[C@@H](C(C)C)CC(=O)[C@H](CC(C)C)N(C)C(=O)[C@@H](C)N(C)C1=O. The largest absolute Gasteiger partial charge is 0.390 e. The highest BCUT2D eigenvalue weighted by atomic mass is 16.5. The number of nitrogens with one attached hydrogen (secondary N) is 1. The van der Waals surface area contributed by atoms with E-state index in [9.17, 15) is 38.7 Å². The predicted molar refractivity (Wildman–Crippen MR) is 360 cm³/mol. The first-order chi connectivity index (χ1) is 42.6. The third kappa shape index (κ3) is 24.1. The van der Waals surface area contributed by atoms with Crippen LogP contribution in [0.15, 0.2) is 0 Å². The molecule has 13 atom stereocenters. The van der Waals surface area contributed by atoms with Crippen molar-refractivity contribution in [3.05, 3.63) is 0 Å². The van der Waals surface area contributed by atoms with Crippen molar-refractivity contribution in [3.8, 4) is 0 Å². The number of carbonyl (C=O) groups is 11. The number of aliphatic hydroxyl groups excluding tert-OH is 1. The second-order valence-corrected chi connectivity index (χ2v) is 29.0. The number of ketones is 3. The second-order valence-electron chi connectivity index (χ2n) is 29.0. The maximum Gasteiger partial charge on any atom is 0.246 e. The summed E-state index contributed by atoms with van der Waals surface area (Å²) < 4.78 is 6.00. The molecule has 0 aromatic carbocycles. The first-order valence-electron chi connectivity index (χ1n) is 34.3. The Morgan fingerprint density at radius 3 is 1.34 bits per heavy atom. The zero-order chi connectivity index (χ0) is 71.3. The first-order valence-corrected chi connectivity index (χ1v) is 34.3. The van der Waals surface area contributed by atoms with Crippen LogP contribution in [-0.4, -0.2) is 246 Å². The summed E-state index contributed by atoms with van der Waals surface area (Å²) in [5.41, 5.74) is 0. The Labute approximate surface area is 554 Å². The Morgan fingerprint density at radius 2 is 0.891 bits per heavy atom. The van der Waals surface area contributed by atoms with Crippen molar-refractivity contribution in [3.63, 3.8) is 0 Å². The summed E-state index contributed by atoms with van der Waals surface area (Å²) in [7, 11) is 10.3. The number of amides is 8. The molecule has 92 heavy (non-hydrogen) atoms. The van der Waals surface area contributed by atoms with Crippen LogP contribution < -0.4 is 5.32 Å². The number of nitrogens with zero attached hydrogens (tertiary/aromatic N) is 8. The van der Waals surface area contributed by atoms with Gasteiger partial charge < -0.3 is 54.4 Å². The Balaban J connectivity index is 4.38. The van der Waals surface area contributed by atoms with Crippen molar-refractivity contribution in [1.82, 2.24) is 44.5 Å². The van der Waals surface area contributed by atoms with Crippen LogP contribution in [0.4, 0.5) is 0 Å². The molecule has 0 aromatic heterocycles. The van der Waals surface area contributed by atoms with Gasteiger partial charge in [-0.1, -0.05) is 118 Å². The van der Waals surface area contributed by atoms with Gasteiger partial charge in [-0.25, -0.2) is 0 Å². The molecule has 1 rings (SSSR count). The van der Waals surface area contributed by atoms with Gasteiger partial charge in [0, 0.05) is 99.5 Å². The molecule has 0 saturated carbocycles. The van der Waals surface area contributed by atoms with Gasteiger partial charge in [-0.2, -0.15) is 0 Å². The van der Waals surface area contributed by atoms with Crippen LogP contribution in [0.3, 0.4) is 0 Å². The number of ether oxygens (including phenoxy) is 1. The zero-order valence-corrected chi connectivity index (χ0v) is 61.8. The summed E-state index contributed by atoms with van der Waals surface area (Å²) in [6.45, 7) is 37.6. The molecule has 22 heteroatoms. The molecule has 1 heterocycles. The Bertz CT molecular complexity index is 2430. The topological polar surface area (TPSA) is 255 Å². The lowest BCUT2D eigenvalue weighted by Gasteiger charge is -2.41. The van der Waals surface area contributed by atoms with Gasteiger partial charge in [0.15, 0.2) is 17.3 Å². The van der Waals surface area contributed by atoms with Crippen molar-refractivity contribution in [1.29, 1.82) is 0 Å². The highest BCUT2D eigenvalue weighted by Gasteiger charge is 2.46. The van der Waals surface area contributed by atoms with Gasteiger partial charge in [0.25, 0.3) is 0 Å². The Kier molecular flexibility index (Phi) is 36.3. The number of likely N-dealkylation sites (N-methyl/N-ethyl adjacent to an activating group) is 8. The number of aliphatic hydroxyl groups is 1. The second kappa shape index (κ2) is 39.5. The summed E-state index contributed by atoms with van der Waals surface area (Å²) in [6.07, 6.45) is -1.24. The van der Waals surface area contributed by atoms with E-state index in [0.29, 0.717) is 19.6 Å². The number of rotatable bonds is 21. The van der Waals surface area contributed by atoms with Gasteiger partial charge in [-0.3, -0.25) is 52.7 Å². The third-order valence-corrected chi connectivity index (χ3v) is 19.0. The molecular weight excluding hydrogens is 1170 g/mol. The molecule has 0 radical (unpaired) electrons. The van der Waals surface area contributed by atoms with Crippen LogP contribution in [0, 0.1) is 59.2 Å². The minimum absolute atomic E-state index is 0.0719. The molecule has 22 nitrogen and oxygen atoms in total. The van der Waals surface area contributed by atoms with E-state index in [1.165, 1.54) is 97.5 Å². The lowest BCUT2D eigenvalue weighted by Crippen LogP contribution is -2.62. The van der Waals surface area contributed by atoms with Crippen molar-refractivity contribution in [2.45, 2.75) is 244 Å². The van der Waals surface area contributed by atoms with Gasteiger partial charge in [0.05, 0.1) is 24.8 Å². The molecule has 1 aliphatic rings. The standard InChI is InChI=1S/C70H127N9O13/c1-27-51-39-59(82)61(62(83)47(16)30-32-92-33-31-79(28-2)29-3)78(26)70(91)60(46(14)15)77(25)69(90)56(37-44(10)11)76(24)68(89)55(36-43(8)9)75(23)64(85)49(18)71-63(84)48(17)38-57(80)53(34-41(4)5)74(22)67(88)52(45(12)13)40-58(81)54(35-42(6)7)73(21)65(86)50(19)72(20)66(51)87/h41-56,60-62,83H,27-40H2,1-26H3,(H,71,84)/t47-,48+,49+,50-,51+,52-,53-,54+,55-,56-,60-,61+,62-/m1/s1. The molecule has 530 valence electrons. The minimum Gasteiger partial charge on any atom is -0.390 e. The van der Waals surface area contributed by atoms with E-state index in [2.05, 4.69) is 24.1 Å². The maximum absolute atomic E-state index is 15.4. The van der Waals surface area contributed by atoms with Crippen LogP contribution in [0.25, 0.3) is 0 Å². The molecule has 0 aromatic rings. The van der Waals surface area contributed by atoms with Crippen LogP contribution in [0.1, 0.15) is 189 Å². The Hall–Kier alpha value is -5.35. The van der Waals surface area contributed by atoms with Gasteiger partial charge in [0.2, 0.25) is 47.3 Å². The molecular formula is C70H127N9O13. The average molecular weight is 1300 g/mol. The highest BCUT2D eigenvalue weighted by molar-refractivity contribution is 6.00. The zero-order valence-electron chi connectivity index (χ0n) is 61.8.